The molecule has 2 amide bonds. The maximum atomic E-state index is 11.4. The van der Waals surface area contributed by atoms with Crippen molar-refractivity contribution in [3.63, 3.8) is 0 Å². The number of hydrogen-bond acceptors (Lipinski definition) is 4. The molecule has 1 atom stereocenters. The Hall–Kier alpha value is -1.70. The lowest BCUT2D eigenvalue weighted by Crippen LogP contribution is -2.48. The number of halogens is 1. The fourth-order valence-electron chi connectivity index (χ4n) is 1.85. The van der Waals surface area contributed by atoms with Crippen LogP contribution >= 0.6 is 27.3 Å². The van der Waals surface area contributed by atoms with Crippen LogP contribution in [0.2, 0.25) is 0 Å². The Morgan fingerprint density at radius 3 is 2.19 bits per heavy atom. The third kappa shape index (κ3) is 11.0. The molecular weight excluding hydrogens is 414 g/mol. The van der Waals surface area contributed by atoms with Gasteiger partial charge in [0, 0.05) is 15.8 Å². The average molecular weight is 442 g/mol. The summed E-state index contributed by atoms with van der Waals surface area (Å²) in [4.78, 5) is 24.1. The van der Waals surface area contributed by atoms with Crippen molar-refractivity contribution in [2.24, 2.45) is 5.73 Å². The molecular formula is C19H28BrN3O2S. The van der Waals surface area contributed by atoms with Crippen molar-refractivity contribution in [1.82, 2.24) is 10.6 Å². The van der Waals surface area contributed by atoms with Crippen molar-refractivity contribution >= 4 is 39.1 Å². The number of thiophene rings is 1. The van der Waals surface area contributed by atoms with Gasteiger partial charge in [-0.05, 0) is 43.1 Å². The first-order chi connectivity index (χ1) is 12.4. The van der Waals surface area contributed by atoms with E-state index in [1.807, 2.05) is 38.1 Å². The van der Waals surface area contributed by atoms with Gasteiger partial charge < -0.3 is 16.4 Å². The van der Waals surface area contributed by atoms with Gasteiger partial charge in [-0.3, -0.25) is 9.59 Å². The molecule has 1 aromatic carbocycles. The van der Waals surface area contributed by atoms with Crippen molar-refractivity contribution < 1.29 is 9.59 Å². The van der Waals surface area contributed by atoms with E-state index in [9.17, 15) is 9.59 Å². The van der Waals surface area contributed by atoms with E-state index in [0.29, 0.717) is 6.42 Å². The van der Waals surface area contributed by atoms with Crippen LogP contribution in [0.1, 0.15) is 24.3 Å². The summed E-state index contributed by atoms with van der Waals surface area (Å²) in [6, 6.07) is 11.0. The number of nitrogens with one attached hydrogen (secondary N) is 2. The molecule has 7 heteroatoms. The van der Waals surface area contributed by atoms with Crippen LogP contribution in [0.4, 0.5) is 0 Å². The number of hydrogen-bond donors (Lipinski definition) is 3. The molecule has 2 aromatic rings. The van der Waals surface area contributed by atoms with Gasteiger partial charge in [0.2, 0.25) is 11.8 Å². The molecule has 0 aliphatic rings. The zero-order chi connectivity index (χ0) is 19.9. The van der Waals surface area contributed by atoms with Crippen molar-refractivity contribution in [3.05, 3.63) is 56.7 Å². The Morgan fingerprint density at radius 2 is 1.81 bits per heavy atom. The summed E-state index contributed by atoms with van der Waals surface area (Å²) in [6.07, 6.45) is 0.387. The number of carbonyl (C=O) groups excluding carboxylic acids is 2. The summed E-state index contributed by atoms with van der Waals surface area (Å²) < 4.78 is 0.959. The first-order valence-corrected chi connectivity index (χ1v) is 10.1. The van der Waals surface area contributed by atoms with Crippen LogP contribution in [0, 0.1) is 6.92 Å². The number of likely N-dealkylation sites (N-methyl/N-ethyl adjacent to an activating group) is 1. The molecule has 0 saturated carbocycles. The SMILES string of the molecule is CC.CNCC(=O)N[C@H](Cc1ccc(Br)cc1)C(N)=O.Cc1cccs1. The summed E-state index contributed by atoms with van der Waals surface area (Å²) in [6.45, 7) is 6.26. The standard InChI is InChI=1S/C12H16BrN3O2.C5H6S.C2H6/c1-15-7-11(17)16-10(12(14)18)6-8-2-4-9(13)5-3-8;1-5-3-2-4-6-5;1-2/h2-5,10,15H,6-7H2,1H3,(H2,14,18)(H,16,17);2-4H,1H3;1-2H3/t10-;;/m1../s1. The largest absolute Gasteiger partial charge is 0.368 e. The quantitative estimate of drug-likeness (QED) is 0.642. The van der Waals surface area contributed by atoms with E-state index in [1.165, 1.54) is 4.88 Å². The Bertz CT molecular complexity index is 631. The van der Waals surface area contributed by atoms with Crippen LogP contribution < -0.4 is 16.4 Å². The highest BCUT2D eigenvalue weighted by Gasteiger charge is 2.17. The van der Waals surface area contributed by atoms with Gasteiger partial charge in [0.25, 0.3) is 0 Å². The molecule has 0 bridgehead atoms. The summed E-state index contributed by atoms with van der Waals surface area (Å²) in [5.74, 6) is -0.791. The van der Waals surface area contributed by atoms with Gasteiger partial charge in [-0.15, -0.1) is 11.3 Å². The number of carbonyl (C=O) groups is 2. The molecule has 0 unspecified atom stereocenters. The third-order valence-electron chi connectivity index (χ3n) is 3.03. The zero-order valence-corrected chi connectivity index (χ0v) is 18.1. The van der Waals surface area contributed by atoms with E-state index in [0.717, 1.165) is 10.0 Å². The maximum absolute atomic E-state index is 11.4. The number of benzene rings is 1. The summed E-state index contributed by atoms with van der Waals surface area (Å²) >= 11 is 5.11. The number of amides is 2. The fourth-order valence-corrected chi connectivity index (χ4v) is 2.64. The van der Waals surface area contributed by atoms with Crippen LogP contribution in [-0.2, 0) is 16.0 Å². The van der Waals surface area contributed by atoms with Crippen LogP contribution in [-0.4, -0.2) is 31.4 Å². The van der Waals surface area contributed by atoms with E-state index in [1.54, 1.807) is 18.4 Å². The van der Waals surface area contributed by atoms with E-state index < -0.39 is 11.9 Å². The van der Waals surface area contributed by atoms with Crippen molar-refractivity contribution in [2.45, 2.75) is 33.2 Å². The Morgan fingerprint density at radius 1 is 1.19 bits per heavy atom. The van der Waals surface area contributed by atoms with Crippen LogP contribution in [0.15, 0.2) is 46.3 Å². The van der Waals surface area contributed by atoms with Gasteiger partial charge in [0.1, 0.15) is 6.04 Å². The fraction of sp³-hybridized carbons (Fsp3) is 0.368. The van der Waals surface area contributed by atoms with Crippen LogP contribution in [0.25, 0.3) is 0 Å². The molecule has 0 saturated heterocycles. The zero-order valence-electron chi connectivity index (χ0n) is 15.7. The van der Waals surface area contributed by atoms with E-state index in [4.69, 9.17) is 5.73 Å². The second-order valence-electron chi connectivity index (χ2n) is 5.11. The highest BCUT2D eigenvalue weighted by molar-refractivity contribution is 9.10. The Kier molecular flexibility index (Phi) is 13.5. The van der Waals surface area contributed by atoms with Crippen molar-refractivity contribution in [1.29, 1.82) is 0 Å². The average Bonchev–Trinajstić information content (AvgIpc) is 3.10. The minimum atomic E-state index is -0.688. The minimum Gasteiger partial charge on any atom is -0.368 e. The first-order valence-electron chi connectivity index (χ1n) is 8.40. The minimum absolute atomic E-state index is 0.157. The number of aryl methyl sites for hydroxylation is 1. The molecule has 4 N–H and O–H groups in total. The van der Waals surface area contributed by atoms with E-state index in [-0.39, 0.29) is 12.5 Å². The molecule has 2 rings (SSSR count). The summed E-state index contributed by atoms with van der Waals surface area (Å²) in [5, 5.41) is 7.38. The normalized spacial score (nSPS) is 10.5. The predicted octanol–water partition coefficient (Wildman–Crippen LogP) is 3.26. The van der Waals surface area contributed by atoms with Gasteiger partial charge in [0.05, 0.1) is 6.54 Å². The highest BCUT2D eigenvalue weighted by Crippen LogP contribution is 2.11. The van der Waals surface area contributed by atoms with Crippen LogP contribution in [0.3, 0.4) is 0 Å². The summed E-state index contributed by atoms with van der Waals surface area (Å²) in [5.41, 5.74) is 6.21. The molecule has 1 aromatic heterocycles. The van der Waals surface area contributed by atoms with Crippen molar-refractivity contribution in [3.8, 4) is 0 Å². The van der Waals surface area contributed by atoms with E-state index in [2.05, 4.69) is 51.0 Å². The molecule has 0 aliphatic heterocycles. The molecule has 1 heterocycles. The van der Waals surface area contributed by atoms with Gasteiger partial charge in [0.15, 0.2) is 0 Å². The highest BCUT2D eigenvalue weighted by atomic mass is 79.9. The second-order valence-corrected chi connectivity index (χ2v) is 7.17. The van der Waals surface area contributed by atoms with Crippen LogP contribution in [0.5, 0.6) is 0 Å². The molecule has 0 radical (unpaired) electrons. The molecule has 0 aliphatic carbocycles. The van der Waals surface area contributed by atoms with E-state index >= 15 is 0 Å². The Labute approximate surface area is 168 Å². The van der Waals surface area contributed by atoms with Gasteiger partial charge in [-0.25, -0.2) is 0 Å². The van der Waals surface area contributed by atoms with Crippen molar-refractivity contribution in [2.75, 3.05) is 13.6 Å². The predicted molar refractivity (Wildman–Crippen MR) is 113 cm³/mol. The lowest BCUT2D eigenvalue weighted by Gasteiger charge is -2.15. The van der Waals surface area contributed by atoms with Gasteiger partial charge >= 0.3 is 0 Å². The molecule has 5 nitrogen and oxygen atoms in total. The topological polar surface area (TPSA) is 84.2 Å². The molecule has 26 heavy (non-hydrogen) atoms. The van der Waals surface area contributed by atoms with Gasteiger partial charge in [-0.1, -0.05) is 48.0 Å². The summed E-state index contributed by atoms with van der Waals surface area (Å²) in [7, 11) is 1.66. The number of primary amides is 1. The third-order valence-corrected chi connectivity index (χ3v) is 4.36. The first kappa shape index (κ1) is 24.3. The molecule has 0 spiro atoms. The monoisotopic (exact) mass is 441 g/mol. The number of nitrogens with two attached hydrogens (primary N) is 1. The van der Waals surface area contributed by atoms with Gasteiger partial charge in [-0.2, -0.15) is 0 Å². The number of rotatable bonds is 6. The lowest BCUT2D eigenvalue weighted by atomic mass is 10.1. The maximum Gasteiger partial charge on any atom is 0.240 e. The second kappa shape index (κ2) is 14.5. The smallest absolute Gasteiger partial charge is 0.240 e. The molecule has 144 valence electrons. The Balaban J connectivity index is 0.000000648. The lowest BCUT2D eigenvalue weighted by molar-refractivity contribution is -0.126. The molecule has 0 fully saturated rings.